The summed E-state index contributed by atoms with van der Waals surface area (Å²) in [6, 6.07) is 16.4. The molecule has 2 bridgehead atoms. The van der Waals surface area contributed by atoms with Gasteiger partial charge in [0.15, 0.2) is 0 Å². The van der Waals surface area contributed by atoms with E-state index in [1.165, 1.54) is 6.42 Å². The molecular formula is C22H24N4O. The average Bonchev–Trinajstić information content (AvgIpc) is 3.41. The number of nitrogens with two attached hydrogens (primary N) is 1. The van der Waals surface area contributed by atoms with Crippen molar-refractivity contribution in [1.82, 2.24) is 14.9 Å². The highest BCUT2D eigenvalue weighted by Gasteiger charge is 2.48. The molecule has 2 aromatic carbocycles. The number of amides is 1. The van der Waals surface area contributed by atoms with E-state index in [2.05, 4.69) is 45.2 Å². The van der Waals surface area contributed by atoms with Gasteiger partial charge in [-0.25, -0.2) is 4.98 Å². The van der Waals surface area contributed by atoms with Crippen molar-refractivity contribution in [2.75, 3.05) is 0 Å². The predicted molar refractivity (Wildman–Crippen MR) is 105 cm³/mol. The van der Waals surface area contributed by atoms with Crippen molar-refractivity contribution < 1.29 is 4.79 Å². The second-order valence-corrected chi connectivity index (χ2v) is 7.92. The Bertz CT molecular complexity index is 975. The lowest BCUT2D eigenvalue weighted by Crippen LogP contribution is -2.45. The minimum Gasteiger partial charge on any atom is -0.352 e. The topological polar surface area (TPSA) is 72.9 Å². The molecular weight excluding hydrogens is 336 g/mol. The Balaban J connectivity index is 1.26. The zero-order chi connectivity index (χ0) is 18.4. The monoisotopic (exact) mass is 360 g/mol. The lowest BCUT2D eigenvalue weighted by molar-refractivity contribution is -0.127. The molecule has 27 heavy (non-hydrogen) atoms. The van der Waals surface area contributed by atoms with E-state index >= 15 is 0 Å². The highest BCUT2D eigenvalue weighted by Crippen LogP contribution is 2.47. The molecule has 138 valence electrons. The SMILES string of the molecule is NC1C2CCC(C2)C1C(=O)NCc1ccc(-n2cnc3ccccc32)cc1. The second kappa shape index (κ2) is 6.50. The molecule has 0 saturated heterocycles. The molecule has 3 N–H and O–H groups in total. The van der Waals surface area contributed by atoms with Crippen LogP contribution in [0.2, 0.25) is 0 Å². The number of para-hydroxylation sites is 2. The fourth-order valence-corrected chi connectivity index (χ4v) is 4.97. The molecule has 1 aromatic heterocycles. The molecule has 2 aliphatic rings. The molecule has 1 heterocycles. The molecule has 5 nitrogen and oxygen atoms in total. The fourth-order valence-electron chi connectivity index (χ4n) is 4.97. The Hall–Kier alpha value is -2.66. The zero-order valence-corrected chi connectivity index (χ0v) is 15.2. The maximum absolute atomic E-state index is 12.6. The minimum absolute atomic E-state index is 0.000311. The maximum Gasteiger partial charge on any atom is 0.225 e. The normalized spacial score (nSPS) is 26.6. The summed E-state index contributed by atoms with van der Waals surface area (Å²) in [5.74, 6) is 1.16. The Labute approximate surface area is 158 Å². The molecule has 2 saturated carbocycles. The first-order chi connectivity index (χ1) is 13.2. The summed E-state index contributed by atoms with van der Waals surface area (Å²) in [5, 5.41) is 3.10. The molecule has 5 heteroatoms. The van der Waals surface area contributed by atoms with Gasteiger partial charge in [0.25, 0.3) is 0 Å². The first-order valence-corrected chi connectivity index (χ1v) is 9.75. The number of aromatic nitrogens is 2. The van der Waals surface area contributed by atoms with Crippen LogP contribution >= 0.6 is 0 Å². The van der Waals surface area contributed by atoms with Gasteiger partial charge >= 0.3 is 0 Å². The van der Waals surface area contributed by atoms with E-state index in [-0.39, 0.29) is 17.9 Å². The van der Waals surface area contributed by atoms with Crippen LogP contribution in [0.25, 0.3) is 16.7 Å². The van der Waals surface area contributed by atoms with Gasteiger partial charge in [0.2, 0.25) is 5.91 Å². The average molecular weight is 360 g/mol. The van der Waals surface area contributed by atoms with Crippen LogP contribution in [0.4, 0.5) is 0 Å². The van der Waals surface area contributed by atoms with Crippen LogP contribution < -0.4 is 11.1 Å². The summed E-state index contributed by atoms with van der Waals surface area (Å²) in [6.45, 7) is 0.546. The number of nitrogens with one attached hydrogen (secondary N) is 1. The molecule has 0 radical (unpaired) electrons. The van der Waals surface area contributed by atoms with Crippen molar-refractivity contribution in [2.24, 2.45) is 23.5 Å². The molecule has 5 rings (SSSR count). The van der Waals surface area contributed by atoms with Crippen LogP contribution in [0.1, 0.15) is 24.8 Å². The van der Waals surface area contributed by atoms with Gasteiger partial charge in [-0.3, -0.25) is 9.36 Å². The van der Waals surface area contributed by atoms with Crippen LogP contribution in [0, 0.1) is 17.8 Å². The second-order valence-electron chi connectivity index (χ2n) is 7.92. The molecule has 4 atom stereocenters. The number of nitrogens with zero attached hydrogens (tertiary/aromatic N) is 2. The molecule has 1 amide bonds. The number of carbonyl (C=O) groups excluding carboxylic acids is 1. The number of hydrogen-bond donors (Lipinski definition) is 2. The zero-order valence-electron chi connectivity index (χ0n) is 15.2. The Kier molecular flexibility index (Phi) is 3.97. The summed E-state index contributed by atoms with van der Waals surface area (Å²) in [4.78, 5) is 17.1. The molecule has 0 spiro atoms. The number of benzene rings is 2. The van der Waals surface area contributed by atoms with Crippen LogP contribution in [0.3, 0.4) is 0 Å². The summed E-state index contributed by atoms with van der Waals surface area (Å²) in [7, 11) is 0. The number of carbonyl (C=O) groups is 1. The van der Waals surface area contributed by atoms with E-state index in [1.807, 2.05) is 24.5 Å². The number of hydrogen-bond acceptors (Lipinski definition) is 3. The van der Waals surface area contributed by atoms with E-state index < -0.39 is 0 Å². The van der Waals surface area contributed by atoms with Gasteiger partial charge in [-0.05, 0) is 60.9 Å². The van der Waals surface area contributed by atoms with Crippen LogP contribution in [-0.2, 0) is 11.3 Å². The fraction of sp³-hybridized carbons (Fsp3) is 0.364. The van der Waals surface area contributed by atoms with Gasteiger partial charge < -0.3 is 11.1 Å². The van der Waals surface area contributed by atoms with E-state index in [0.717, 1.165) is 35.1 Å². The number of fused-ring (bicyclic) bond motifs is 3. The van der Waals surface area contributed by atoms with Crippen molar-refractivity contribution in [3.8, 4) is 5.69 Å². The van der Waals surface area contributed by atoms with E-state index in [4.69, 9.17) is 5.73 Å². The van der Waals surface area contributed by atoms with Crippen molar-refractivity contribution in [2.45, 2.75) is 31.8 Å². The summed E-state index contributed by atoms with van der Waals surface area (Å²) >= 11 is 0. The third kappa shape index (κ3) is 2.82. The highest BCUT2D eigenvalue weighted by molar-refractivity contribution is 5.80. The predicted octanol–water partition coefficient (Wildman–Crippen LogP) is 3.02. The number of rotatable bonds is 4. The smallest absolute Gasteiger partial charge is 0.225 e. The summed E-state index contributed by atoms with van der Waals surface area (Å²) < 4.78 is 2.08. The third-order valence-electron chi connectivity index (χ3n) is 6.42. The molecule has 3 aromatic rings. The summed E-state index contributed by atoms with van der Waals surface area (Å²) in [5.41, 5.74) is 10.5. The van der Waals surface area contributed by atoms with Crippen LogP contribution in [-0.4, -0.2) is 21.5 Å². The first-order valence-electron chi connectivity index (χ1n) is 9.75. The lowest BCUT2D eigenvalue weighted by atomic mass is 9.84. The van der Waals surface area contributed by atoms with Crippen molar-refractivity contribution >= 4 is 16.9 Å². The summed E-state index contributed by atoms with van der Waals surface area (Å²) in [6.07, 6.45) is 5.33. The van der Waals surface area contributed by atoms with Gasteiger partial charge in [0.05, 0.1) is 17.0 Å². The quantitative estimate of drug-likeness (QED) is 0.751. The van der Waals surface area contributed by atoms with E-state index in [1.54, 1.807) is 0 Å². The molecule has 4 unspecified atom stereocenters. The van der Waals surface area contributed by atoms with E-state index in [9.17, 15) is 4.79 Å². The minimum atomic E-state index is 0.000311. The maximum atomic E-state index is 12.6. The Morgan fingerprint density at radius 2 is 1.89 bits per heavy atom. The van der Waals surface area contributed by atoms with E-state index in [0.29, 0.717) is 18.4 Å². The molecule has 2 fully saturated rings. The third-order valence-corrected chi connectivity index (χ3v) is 6.42. The van der Waals surface area contributed by atoms with Gasteiger partial charge in [-0.15, -0.1) is 0 Å². The van der Waals surface area contributed by atoms with Crippen molar-refractivity contribution in [3.05, 3.63) is 60.4 Å². The molecule has 2 aliphatic carbocycles. The highest BCUT2D eigenvalue weighted by atomic mass is 16.1. The Morgan fingerprint density at radius 1 is 1.11 bits per heavy atom. The van der Waals surface area contributed by atoms with Gasteiger partial charge in [-0.2, -0.15) is 0 Å². The van der Waals surface area contributed by atoms with Crippen molar-refractivity contribution in [1.29, 1.82) is 0 Å². The van der Waals surface area contributed by atoms with Crippen LogP contribution in [0.5, 0.6) is 0 Å². The lowest BCUT2D eigenvalue weighted by Gasteiger charge is -2.27. The Morgan fingerprint density at radius 3 is 2.67 bits per heavy atom. The standard InChI is InChI=1S/C22H24N4O/c23-21-16-8-7-15(11-16)20(21)22(27)24-12-14-5-9-17(10-6-14)26-13-25-18-3-1-2-4-19(18)26/h1-6,9-10,13,15-16,20-21H,7-8,11-12,23H2,(H,24,27). The largest absolute Gasteiger partial charge is 0.352 e. The van der Waals surface area contributed by atoms with Crippen LogP contribution in [0.15, 0.2) is 54.9 Å². The molecule has 0 aliphatic heterocycles. The first kappa shape index (κ1) is 16.5. The van der Waals surface area contributed by atoms with Crippen molar-refractivity contribution in [3.63, 3.8) is 0 Å². The van der Waals surface area contributed by atoms with Gasteiger partial charge in [0.1, 0.15) is 6.33 Å². The van der Waals surface area contributed by atoms with Gasteiger partial charge in [-0.1, -0.05) is 24.3 Å². The number of imidazole rings is 1. The van der Waals surface area contributed by atoms with Gasteiger partial charge in [0, 0.05) is 18.3 Å².